The first-order valence-electron chi connectivity index (χ1n) is 7.37. The molecule has 108 valence electrons. The standard InChI is InChI=1S/C16H20BrNO2/c17-13-5-1-2-6-14(13)18-16(15(19)20)9-3-4-12(10-16)11-7-8-11/h1-2,5-6,11-12,18H,3-4,7-10H2,(H,19,20). The number of benzene rings is 1. The fourth-order valence-electron chi connectivity index (χ4n) is 3.47. The van der Waals surface area contributed by atoms with Crippen LogP contribution in [0.25, 0.3) is 0 Å². The summed E-state index contributed by atoms with van der Waals surface area (Å²) in [4.78, 5) is 11.9. The lowest BCUT2D eigenvalue weighted by Crippen LogP contribution is -2.50. The first-order valence-corrected chi connectivity index (χ1v) is 8.16. The van der Waals surface area contributed by atoms with E-state index in [-0.39, 0.29) is 0 Å². The largest absolute Gasteiger partial charge is 0.480 e. The van der Waals surface area contributed by atoms with E-state index in [1.807, 2.05) is 24.3 Å². The summed E-state index contributed by atoms with van der Waals surface area (Å²) in [5.41, 5.74) is 0.0846. The van der Waals surface area contributed by atoms with Crippen LogP contribution in [0.15, 0.2) is 28.7 Å². The Hall–Kier alpha value is -1.03. The monoisotopic (exact) mass is 337 g/mol. The SMILES string of the molecule is O=C(O)C1(Nc2ccccc2Br)CCCC(C2CC2)C1. The quantitative estimate of drug-likeness (QED) is 0.861. The topological polar surface area (TPSA) is 49.3 Å². The molecule has 2 saturated carbocycles. The molecule has 2 aliphatic rings. The Morgan fingerprint density at radius 2 is 2.00 bits per heavy atom. The Labute approximate surface area is 127 Å². The van der Waals surface area contributed by atoms with Crippen LogP contribution in [0.4, 0.5) is 5.69 Å². The van der Waals surface area contributed by atoms with E-state index in [4.69, 9.17) is 0 Å². The lowest BCUT2D eigenvalue weighted by molar-refractivity contribution is -0.144. The fraction of sp³-hybridized carbons (Fsp3) is 0.562. The molecule has 0 spiro atoms. The zero-order valence-electron chi connectivity index (χ0n) is 11.4. The minimum Gasteiger partial charge on any atom is -0.480 e. The molecule has 2 aliphatic carbocycles. The van der Waals surface area contributed by atoms with Gasteiger partial charge in [-0.05, 0) is 72.0 Å². The molecule has 0 bridgehead atoms. The number of halogens is 1. The summed E-state index contributed by atoms with van der Waals surface area (Å²) in [6.45, 7) is 0. The van der Waals surface area contributed by atoms with Crippen LogP contribution in [0, 0.1) is 11.8 Å². The van der Waals surface area contributed by atoms with E-state index in [0.29, 0.717) is 12.3 Å². The molecule has 1 aromatic carbocycles. The van der Waals surface area contributed by atoms with Crippen molar-refractivity contribution in [2.24, 2.45) is 11.8 Å². The second kappa shape index (κ2) is 5.40. The molecule has 2 fully saturated rings. The highest BCUT2D eigenvalue weighted by atomic mass is 79.9. The summed E-state index contributed by atoms with van der Waals surface area (Å²) in [5, 5.41) is 13.1. The zero-order valence-corrected chi connectivity index (χ0v) is 13.0. The number of anilines is 1. The van der Waals surface area contributed by atoms with Gasteiger partial charge in [-0.25, -0.2) is 4.79 Å². The molecule has 0 saturated heterocycles. The molecule has 1 aromatic rings. The number of carboxylic acid groups (broad SMARTS) is 1. The maximum atomic E-state index is 11.9. The van der Waals surface area contributed by atoms with E-state index in [9.17, 15) is 9.90 Å². The lowest BCUT2D eigenvalue weighted by atomic mass is 9.73. The van der Waals surface area contributed by atoms with E-state index in [1.54, 1.807) is 0 Å². The molecule has 2 atom stereocenters. The molecule has 3 nitrogen and oxygen atoms in total. The van der Waals surface area contributed by atoms with E-state index < -0.39 is 11.5 Å². The van der Waals surface area contributed by atoms with Gasteiger partial charge in [-0.2, -0.15) is 0 Å². The van der Waals surface area contributed by atoms with E-state index in [0.717, 1.165) is 28.9 Å². The Bertz CT molecular complexity index is 515. The molecule has 20 heavy (non-hydrogen) atoms. The van der Waals surface area contributed by atoms with Crippen molar-refractivity contribution in [3.8, 4) is 0 Å². The van der Waals surface area contributed by atoms with Gasteiger partial charge < -0.3 is 10.4 Å². The molecule has 3 rings (SSSR count). The lowest BCUT2D eigenvalue weighted by Gasteiger charge is -2.39. The number of para-hydroxylation sites is 1. The maximum Gasteiger partial charge on any atom is 0.329 e. The summed E-state index contributed by atoms with van der Waals surface area (Å²) in [7, 11) is 0. The van der Waals surface area contributed by atoms with Crippen LogP contribution in [0.3, 0.4) is 0 Å². The number of hydrogen-bond donors (Lipinski definition) is 2. The van der Waals surface area contributed by atoms with Crippen molar-refractivity contribution in [1.29, 1.82) is 0 Å². The van der Waals surface area contributed by atoms with Gasteiger partial charge in [0.1, 0.15) is 5.54 Å². The van der Waals surface area contributed by atoms with Crippen molar-refractivity contribution in [1.82, 2.24) is 0 Å². The number of aliphatic carboxylic acids is 1. The van der Waals surface area contributed by atoms with Gasteiger partial charge in [0.05, 0.1) is 0 Å². The second-order valence-corrected chi connectivity index (χ2v) is 7.04. The van der Waals surface area contributed by atoms with Crippen molar-refractivity contribution in [2.45, 2.75) is 44.1 Å². The van der Waals surface area contributed by atoms with Gasteiger partial charge >= 0.3 is 5.97 Å². The van der Waals surface area contributed by atoms with Crippen LogP contribution in [-0.4, -0.2) is 16.6 Å². The van der Waals surface area contributed by atoms with Crippen LogP contribution in [0.5, 0.6) is 0 Å². The Morgan fingerprint density at radius 3 is 2.65 bits per heavy atom. The first-order chi connectivity index (χ1) is 9.61. The Kier molecular flexibility index (Phi) is 3.76. The molecule has 0 aliphatic heterocycles. The highest BCUT2D eigenvalue weighted by molar-refractivity contribution is 9.10. The second-order valence-electron chi connectivity index (χ2n) is 6.19. The highest BCUT2D eigenvalue weighted by Crippen LogP contribution is 2.47. The summed E-state index contributed by atoms with van der Waals surface area (Å²) < 4.78 is 0.925. The molecule has 2 unspecified atom stereocenters. The van der Waals surface area contributed by atoms with Gasteiger partial charge in [-0.3, -0.25) is 0 Å². The van der Waals surface area contributed by atoms with Crippen LogP contribution in [-0.2, 0) is 4.79 Å². The summed E-state index contributed by atoms with van der Waals surface area (Å²) >= 11 is 3.50. The van der Waals surface area contributed by atoms with Crippen LogP contribution in [0.2, 0.25) is 0 Å². The van der Waals surface area contributed by atoms with Crippen LogP contribution < -0.4 is 5.32 Å². The number of carbonyl (C=O) groups is 1. The summed E-state index contributed by atoms with van der Waals surface area (Å²) in [6, 6.07) is 7.76. The predicted octanol–water partition coefficient (Wildman–Crippen LogP) is 4.28. The summed E-state index contributed by atoms with van der Waals surface area (Å²) in [5.74, 6) is 0.642. The molecular weight excluding hydrogens is 318 g/mol. The minimum atomic E-state index is -0.796. The molecule has 4 heteroatoms. The minimum absolute atomic E-state index is 0.579. The zero-order chi connectivity index (χ0) is 14.2. The van der Waals surface area contributed by atoms with E-state index >= 15 is 0 Å². The van der Waals surface area contributed by atoms with Crippen LogP contribution in [0.1, 0.15) is 38.5 Å². The average molecular weight is 338 g/mol. The molecular formula is C16H20BrNO2. The number of rotatable bonds is 4. The number of carboxylic acids is 1. The van der Waals surface area contributed by atoms with Crippen LogP contribution >= 0.6 is 15.9 Å². The normalized spacial score (nSPS) is 29.9. The van der Waals surface area contributed by atoms with Crippen molar-refractivity contribution >= 4 is 27.6 Å². The average Bonchev–Trinajstić information content (AvgIpc) is 3.26. The van der Waals surface area contributed by atoms with Gasteiger partial charge in [0.25, 0.3) is 0 Å². The third kappa shape index (κ3) is 2.71. The maximum absolute atomic E-state index is 11.9. The summed E-state index contributed by atoms with van der Waals surface area (Å²) in [6.07, 6.45) is 6.24. The smallest absolute Gasteiger partial charge is 0.329 e. The van der Waals surface area contributed by atoms with Crippen molar-refractivity contribution in [3.05, 3.63) is 28.7 Å². The molecule has 0 aromatic heterocycles. The molecule has 0 radical (unpaired) electrons. The van der Waals surface area contributed by atoms with Gasteiger partial charge in [0.15, 0.2) is 0 Å². The van der Waals surface area contributed by atoms with Gasteiger partial charge in [-0.1, -0.05) is 18.6 Å². The molecule has 2 N–H and O–H groups in total. The number of nitrogens with one attached hydrogen (secondary N) is 1. The Morgan fingerprint density at radius 1 is 1.25 bits per heavy atom. The van der Waals surface area contributed by atoms with Gasteiger partial charge in [-0.15, -0.1) is 0 Å². The van der Waals surface area contributed by atoms with Crippen molar-refractivity contribution in [3.63, 3.8) is 0 Å². The Balaban J connectivity index is 1.84. The van der Waals surface area contributed by atoms with E-state index in [1.165, 1.54) is 19.3 Å². The van der Waals surface area contributed by atoms with E-state index in [2.05, 4.69) is 21.2 Å². The van der Waals surface area contributed by atoms with Crippen molar-refractivity contribution < 1.29 is 9.90 Å². The van der Waals surface area contributed by atoms with Gasteiger partial charge in [0.2, 0.25) is 0 Å². The molecule has 0 amide bonds. The fourth-order valence-corrected chi connectivity index (χ4v) is 3.85. The first kappa shape index (κ1) is 13.9. The van der Waals surface area contributed by atoms with Crippen molar-refractivity contribution in [2.75, 3.05) is 5.32 Å². The molecule has 0 heterocycles. The predicted molar refractivity (Wildman–Crippen MR) is 82.8 cm³/mol. The number of hydrogen-bond acceptors (Lipinski definition) is 2. The third-order valence-corrected chi connectivity index (χ3v) is 5.43. The van der Waals surface area contributed by atoms with Gasteiger partial charge in [0, 0.05) is 10.2 Å². The third-order valence-electron chi connectivity index (χ3n) is 4.73. The highest BCUT2D eigenvalue weighted by Gasteiger charge is 2.46.